The van der Waals surface area contributed by atoms with Crippen molar-refractivity contribution in [2.75, 3.05) is 6.61 Å². The van der Waals surface area contributed by atoms with E-state index in [1.165, 1.54) is 23.9 Å². The Hall–Kier alpha value is -4.83. The fraction of sp³-hybridized carbons (Fsp3) is 0.0714. The first-order chi connectivity index (χ1) is 18.6. The number of rotatable bonds is 7. The van der Waals surface area contributed by atoms with E-state index in [1.54, 1.807) is 18.5 Å². The number of pyridine rings is 2. The van der Waals surface area contributed by atoms with Gasteiger partial charge in [-0.3, -0.25) is 19.7 Å². The van der Waals surface area contributed by atoms with E-state index in [0.29, 0.717) is 34.4 Å². The van der Waals surface area contributed by atoms with Crippen LogP contribution < -0.4 is 4.74 Å². The number of benzene rings is 3. The molecule has 0 fully saturated rings. The van der Waals surface area contributed by atoms with Gasteiger partial charge in [0.05, 0.1) is 22.6 Å². The molecule has 0 atom stereocenters. The van der Waals surface area contributed by atoms with Crippen LogP contribution in [0.5, 0.6) is 5.75 Å². The van der Waals surface area contributed by atoms with Crippen molar-refractivity contribution in [3.63, 3.8) is 0 Å². The van der Waals surface area contributed by atoms with Crippen molar-refractivity contribution in [2.24, 2.45) is 0 Å². The molecule has 0 aliphatic rings. The van der Waals surface area contributed by atoms with Crippen LogP contribution >= 0.6 is 11.8 Å². The summed E-state index contributed by atoms with van der Waals surface area (Å²) in [5, 5.41) is 22.9. The van der Waals surface area contributed by atoms with Gasteiger partial charge in [0.1, 0.15) is 5.75 Å². The van der Waals surface area contributed by atoms with Crippen LogP contribution in [0.2, 0.25) is 0 Å². The van der Waals surface area contributed by atoms with Gasteiger partial charge in [-0.1, -0.05) is 18.2 Å². The van der Waals surface area contributed by atoms with Crippen molar-refractivity contribution in [3.8, 4) is 22.8 Å². The van der Waals surface area contributed by atoms with Crippen LogP contribution in [0.4, 0.5) is 5.69 Å². The zero-order valence-corrected chi connectivity index (χ0v) is 21.0. The molecule has 0 bridgehead atoms. The van der Waals surface area contributed by atoms with Gasteiger partial charge in [-0.25, -0.2) is 4.98 Å². The third-order valence-electron chi connectivity index (χ3n) is 5.98. The first-order valence-corrected chi connectivity index (χ1v) is 12.7. The van der Waals surface area contributed by atoms with E-state index in [2.05, 4.69) is 15.2 Å². The van der Waals surface area contributed by atoms with Crippen LogP contribution in [0.15, 0.2) is 101 Å². The molecule has 0 unspecified atom stereocenters. The van der Waals surface area contributed by atoms with Gasteiger partial charge < -0.3 is 4.74 Å². The Kier molecular flexibility index (Phi) is 6.14. The second-order valence-corrected chi connectivity index (χ2v) is 9.30. The average Bonchev–Trinajstić information content (AvgIpc) is 3.37. The van der Waals surface area contributed by atoms with Crippen molar-refractivity contribution in [3.05, 3.63) is 101 Å². The number of hydrogen-bond donors (Lipinski definition) is 0. The number of non-ortho nitro benzene ring substituents is 1. The van der Waals surface area contributed by atoms with E-state index in [4.69, 9.17) is 9.72 Å². The van der Waals surface area contributed by atoms with E-state index in [-0.39, 0.29) is 5.69 Å². The first kappa shape index (κ1) is 23.6. The summed E-state index contributed by atoms with van der Waals surface area (Å²) < 4.78 is 7.77. The molecule has 0 aliphatic carbocycles. The lowest BCUT2D eigenvalue weighted by atomic mass is 10.1. The van der Waals surface area contributed by atoms with Crippen LogP contribution in [0.1, 0.15) is 6.92 Å². The van der Waals surface area contributed by atoms with E-state index in [9.17, 15) is 10.1 Å². The molecule has 0 saturated heterocycles. The Morgan fingerprint density at radius 2 is 1.74 bits per heavy atom. The number of nitro groups is 1. The minimum Gasteiger partial charge on any atom is -0.494 e. The second kappa shape index (κ2) is 9.91. The molecule has 0 aliphatic heterocycles. The highest BCUT2D eigenvalue weighted by molar-refractivity contribution is 7.99. The molecule has 38 heavy (non-hydrogen) atoms. The Morgan fingerprint density at radius 1 is 0.921 bits per heavy atom. The van der Waals surface area contributed by atoms with Gasteiger partial charge in [0.25, 0.3) is 5.69 Å². The number of hydrogen-bond acceptors (Lipinski definition) is 8. The fourth-order valence-electron chi connectivity index (χ4n) is 4.28. The smallest absolute Gasteiger partial charge is 0.271 e. The molecule has 0 N–H and O–H groups in total. The summed E-state index contributed by atoms with van der Waals surface area (Å²) in [6.07, 6.45) is 3.44. The van der Waals surface area contributed by atoms with E-state index in [1.807, 2.05) is 72.2 Å². The van der Waals surface area contributed by atoms with Gasteiger partial charge in [0.15, 0.2) is 5.82 Å². The van der Waals surface area contributed by atoms with Gasteiger partial charge in [-0.05, 0) is 67.2 Å². The molecule has 9 nitrogen and oxygen atoms in total. The summed E-state index contributed by atoms with van der Waals surface area (Å²) in [6.45, 7) is 2.46. The third kappa shape index (κ3) is 4.31. The van der Waals surface area contributed by atoms with Crippen molar-refractivity contribution in [2.45, 2.75) is 17.0 Å². The molecular formula is C28H20N6O3S. The van der Waals surface area contributed by atoms with Crippen molar-refractivity contribution in [1.29, 1.82) is 0 Å². The number of fused-ring (bicyclic) bond motifs is 2. The molecule has 0 spiro atoms. The molecule has 0 radical (unpaired) electrons. The topological polar surface area (TPSA) is 109 Å². The Bertz CT molecular complexity index is 1790. The molecule has 6 aromatic rings. The summed E-state index contributed by atoms with van der Waals surface area (Å²) >= 11 is 1.43. The Balaban J connectivity index is 1.60. The van der Waals surface area contributed by atoms with Crippen LogP contribution in [0.25, 0.3) is 38.9 Å². The average molecular weight is 521 g/mol. The molecule has 6 rings (SSSR count). The predicted octanol–water partition coefficient (Wildman–Crippen LogP) is 6.49. The second-order valence-electron chi connectivity index (χ2n) is 8.33. The molecule has 3 aromatic heterocycles. The molecule has 10 heteroatoms. The van der Waals surface area contributed by atoms with Gasteiger partial charge in [0, 0.05) is 51.4 Å². The van der Waals surface area contributed by atoms with Crippen molar-refractivity contribution >= 4 is 39.3 Å². The maximum Gasteiger partial charge on any atom is 0.271 e. The number of ether oxygens (including phenoxy) is 1. The summed E-state index contributed by atoms with van der Waals surface area (Å²) in [4.78, 5) is 20.8. The fourth-order valence-corrected chi connectivity index (χ4v) is 5.38. The van der Waals surface area contributed by atoms with Crippen LogP contribution in [-0.4, -0.2) is 36.3 Å². The predicted molar refractivity (Wildman–Crippen MR) is 146 cm³/mol. The van der Waals surface area contributed by atoms with Gasteiger partial charge >= 0.3 is 0 Å². The zero-order valence-electron chi connectivity index (χ0n) is 20.2. The maximum atomic E-state index is 11.5. The highest BCUT2D eigenvalue weighted by Crippen LogP contribution is 2.41. The summed E-state index contributed by atoms with van der Waals surface area (Å²) in [5.74, 6) is 1.39. The summed E-state index contributed by atoms with van der Waals surface area (Å²) in [7, 11) is 0. The SMILES string of the molecule is CCOc1ccc2nc3cc([N+](=O)[O-])ccc3c(Sc3nnc(-c4ccncc4)n3-c3ccccc3)c2c1. The van der Waals surface area contributed by atoms with Crippen LogP contribution in [-0.2, 0) is 0 Å². The molecule has 0 saturated carbocycles. The van der Waals surface area contributed by atoms with E-state index in [0.717, 1.165) is 26.9 Å². The monoisotopic (exact) mass is 520 g/mol. The lowest BCUT2D eigenvalue weighted by molar-refractivity contribution is -0.384. The largest absolute Gasteiger partial charge is 0.494 e. The van der Waals surface area contributed by atoms with Crippen LogP contribution in [0.3, 0.4) is 0 Å². The minimum absolute atomic E-state index is 0.0151. The first-order valence-electron chi connectivity index (χ1n) is 11.9. The lowest BCUT2D eigenvalue weighted by Gasteiger charge is -2.14. The Labute approximate surface area is 221 Å². The maximum absolute atomic E-state index is 11.5. The standard InChI is InChI=1S/C28H20N6O3S/c1-2-37-21-9-11-24-23(17-21)26(22-10-8-20(34(35)36)16-25(22)30-24)38-28-32-31-27(18-12-14-29-15-13-18)33(28)19-6-4-3-5-7-19/h3-17H,2H2,1H3. The molecular weight excluding hydrogens is 500 g/mol. The number of aromatic nitrogens is 5. The van der Waals surface area contributed by atoms with E-state index < -0.39 is 4.92 Å². The van der Waals surface area contributed by atoms with E-state index >= 15 is 0 Å². The van der Waals surface area contributed by atoms with Gasteiger partial charge in [-0.2, -0.15) is 0 Å². The molecule has 186 valence electrons. The third-order valence-corrected chi connectivity index (χ3v) is 7.07. The molecule has 3 heterocycles. The zero-order chi connectivity index (χ0) is 26.1. The Morgan fingerprint density at radius 3 is 2.50 bits per heavy atom. The summed E-state index contributed by atoms with van der Waals surface area (Å²) in [6, 6.07) is 24.1. The number of nitrogens with zero attached hydrogens (tertiary/aromatic N) is 6. The normalized spacial score (nSPS) is 11.2. The number of nitro benzene ring substituents is 1. The van der Waals surface area contributed by atoms with Crippen LogP contribution in [0, 0.1) is 10.1 Å². The highest BCUT2D eigenvalue weighted by atomic mass is 32.2. The van der Waals surface area contributed by atoms with Gasteiger partial charge in [0.2, 0.25) is 5.16 Å². The lowest BCUT2D eigenvalue weighted by Crippen LogP contribution is -2.00. The quantitative estimate of drug-likeness (QED) is 0.133. The molecule has 0 amide bonds. The van der Waals surface area contributed by atoms with Gasteiger partial charge in [-0.15, -0.1) is 10.2 Å². The van der Waals surface area contributed by atoms with Crippen molar-refractivity contribution < 1.29 is 9.66 Å². The number of para-hydroxylation sites is 1. The summed E-state index contributed by atoms with van der Waals surface area (Å²) in [5.41, 5.74) is 2.99. The minimum atomic E-state index is -0.413. The van der Waals surface area contributed by atoms with Crippen molar-refractivity contribution in [1.82, 2.24) is 24.7 Å². The highest BCUT2D eigenvalue weighted by Gasteiger charge is 2.21. The molecule has 3 aromatic carbocycles.